The van der Waals surface area contributed by atoms with Gasteiger partial charge in [0.2, 0.25) is 15.9 Å². The Morgan fingerprint density at radius 3 is 2.35 bits per heavy atom. The maximum absolute atomic E-state index is 12.2. The molecule has 1 unspecified atom stereocenters. The van der Waals surface area contributed by atoms with E-state index in [2.05, 4.69) is 4.72 Å². The molecule has 1 rings (SSSR count). The summed E-state index contributed by atoms with van der Waals surface area (Å²) in [6.07, 6.45) is 2.59. The highest BCUT2D eigenvalue weighted by Gasteiger charge is 2.19. The summed E-state index contributed by atoms with van der Waals surface area (Å²) in [6.45, 7) is 2.28. The van der Waals surface area contributed by atoms with Crippen molar-refractivity contribution < 1.29 is 13.2 Å². The predicted molar refractivity (Wildman–Crippen MR) is 77.6 cm³/mol. The minimum Gasteiger partial charge on any atom is -0.366 e. The number of sulfonamides is 1. The molecule has 1 aromatic rings. The van der Waals surface area contributed by atoms with Gasteiger partial charge in [-0.2, -0.15) is 0 Å². The number of benzene rings is 1. The second-order valence-electron chi connectivity index (χ2n) is 4.58. The summed E-state index contributed by atoms with van der Waals surface area (Å²) in [5.74, 6) is -0.593. The van der Waals surface area contributed by atoms with Gasteiger partial charge in [0, 0.05) is 18.2 Å². The van der Waals surface area contributed by atoms with Gasteiger partial charge >= 0.3 is 0 Å². The van der Waals surface area contributed by atoms with Crippen LogP contribution >= 0.6 is 0 Å². The van der Waals surface area contributed by atoms with Gasteiger partial charge in [0.25, 0.3) is 0 Å². The molecule has 1 aromatic carbocycles. The van der Waals surface area contributed by atoms with E-state index in [9.17, 15) is 13.2 Å². The van der Waals surface area contributed by atoms with E-state index in [0.29, 0.717) is 6.42 Å². The van der Waals surface area contributed by atoms with E-state index in [1.807, 2.05) is 6.92 Å². The molecule has 5 N–H and O–H groups in total. The molecule has 1 atom stereocenters. The monoisotopic (exact) mass is 299 g/mol. The van der Waals surface area contributed by atoms with Crippen LogP contribution in [0.1, 0.15) is 36.5 Å². The van der Waals surface area contributed by atoms with Crippen LogP contribution in [-0.2, 0) is 10.0 Å². The number of nitrogens with two attached hydrogens (primary N) is 2. The molecule has 20 heavy (non-hydrogen) atoms. The Balaban J connectivity index is 2.84. The molecule has 6 nitrogen and oxygen atoms in total. The minimum absolute atomic E-state index is 0.0949. The fraction of sp³-hybridized carbons (Fsp3) is 0.462. The normalized spacial score (nSPS) is 13.1. The molecule has 0 bridgehead atoms. The average Bonchev–Trinajstić information content (AvgIpc) is 2.43. The van der Waals surface area contributed by atoms with Crippen molar-refractivity contribution in [2.24, 2.45) is 11.5 Å². The highest BCUT2D eigenvalue weighted by Crippen LogP contribution is 2.12. The van der Waals surface area contributed by atoms with Crippen molar-refractivity contribution in [2.45, 2.75) is 37.1 Å². The van der Waals surface area contributed by atoms with Crippen molar-refractivity contribution in [2.75, 3.05) is 6.54 Å². The van der Waals surface area contributed by atoms with E-state index in [4.69, 9.17) is 11.5 Å². The van der Waals surface area contributed by atoms with Gasteiger partial charge in [-0.3, -0.25) is 4.79 Å². The maximum Gasteiger partial charge on any atom is 0.248 e. The van der Waals surface area contributed by atoms with Crippen molar-refractivity contribution >= 4 is 15.9 Å². The molecule has 0 aliphatic carbocycles. The van der Waals surface area contributed by atoms with Gasteiger partial charge in [0.1, 0.15) is 0 Å². The van der Waals surface area contributed by atoms with Crippen LogP contribution in [0.5, 0.6) is 0 Å². The molecule has 0 aromatic heterocycles. The summed E-state index contributed by atoms with van der Waals surface area (Å²) in [4.78, 5) is 11.0. The zero-order chi connectivity index (χ0) is 15.2. The molecule has 0 saturated heterocycles. The SMILES string of the molecule is CCCCC(CN)NS(=O)(=O)c1ccc(C(N)=O)cc1. The zero-order valence-electron chi connectivity index (χ0n) is 11.5. The van der Waals surface area contributed by atoms with E-state index < -0.39 is 15.9 Å². The zero-order valence-corrected chi connectivity index (χ0v) is 12.3. The number of hydrogen-bond donors (Lipinski definition) is 3. The molecule has 0 spiro atoms. The first-order chi connectivity index (χ1) is 9.40. The third kappa shape index (κ3) is 4.59. The molecule has 1 amide bonds. The van der Waals surface area contributed by atoms with Gasteiger partial charge in [0.15, 0.2) is 0 Å². The van der Waals surface area contributed by atoms with Crippen LogP contribution in [-0.4, -0.2) is 26.9 Å². The summed E-state index contributed by atoms with van der Waals surface area (Å²) in [5.41, 5.74) is 11.0. The van der Waals surface area contributed by atoms with Crippen LogP contribution in [0.25, 0.3) is 0 Å². The van der Waals surface area contributed by atoms with Crippen LogP contribution in [0.15, 0.2) is 29.2 Å². The summed E-state index contributed by atoms with van der Waals surface area (Å²) in [5, 5.41) is 0. The third-order valence-electron chi connectivity index (χ3n) is 2.96. The summed E-state index contributed by atoms with van der Waals surface area (Å²) >= 11 is 0. The van der Waals surface area contributed by atoms with Crippen molar-refractivity contribution in [1.29, 1.82) is 0 Å². The van der Waals surface area contributed by atoms with E-state index in [0.717, 1.165) is 12.8 Å². The first kappa shape index (κ1) is 16.6. The number of rotatable bonds is 8. The first-order valence-electron chi connectivity index (χ1n) is 6.53. The highest BCUT2D eigenvalue weighted by molar-refractivity contribution is 7.89. The molecule has 0 aliphatic heterocycles. The minimum atomic E-state index is -3.63. The molecule has 0 heterocycles. The number of unbranched alkanes of at least 4 members (excludes halogenated alkanes) is 1. The highest BCUT2D eigenvalue weighted by atomic mass is 32.2. The second-order valence-corrected chi connectivity index (χ2v) is 6.30. The Hall–Kier alpha value is -1.44. The Labute approximate surface area is 119 Å². The van der Waals surface area contributed by atoms with Gasteiger partial charge in [0.05, 0.1) is 4.90 Å². The van der Waals surface area contributed by atoms with Crippen LogP contribution in [0.2, 0.25) is 0 Å². The second kappa shape index (κ2) is 7.37. The largest absolute Gasteiger partial charge is 0.366 e. The summed E-state index contributed by atoms with van der Waals surface area (Å²) < 4.78 is 26.9. The lowest BCUT2D eigenvalue weighted by molar-refractivity contribution is 0.1000. The van der Waals surface area contributed by atoms with Gasteiger partial charge in [-0.25, -0.2) is 13.1 Å². The Morgan fingerprint density at radius 2 is 1.90 bits per heavy atom. The molecule has 0 saturated carbocycles. The standard InChI is InChI=1S/C13H21N3O3S/c1-2-3-4-11(9-14)16-20(18,19)12-7-5-10(6-8-12)13(15)17/h5-8,11,16H,2-4,9,14H2,1H3,(H2,15,17). The fourth-order valence-electron chi connectivity index (χ4n) is 1.76. The van der Waals surface area contributed by atoms with Crippen molar-refractivity contribution in [1.82, 2.24) is 4.72 Å². The Morgan fingerprint density at radius 1 is 1.30 bits per heavy atom. The smallest absolute Gasteiger partial charge is 0.248 e. The predicted octanol–water partition coefficient (Wildman–Crippen LogP) is 0.581. The van der Waals surface area contributed by atoms with Crippen molar-refractivity contribution in [3.63, 3.8) is 0 Å². The number of nitrogens with one attached hydrogen (secondary N) is 1. The molecule has 0 radical (unpaired) electrons. The topological polar surface area (TPSA) is 115 Å². The van der Waals surface area contributed by atoms with E-state index in [-0.39, 0.29) is 23.0 Å². The van der Waals surface area contributed by atoms with E-state index in [1.165, 1.54) is 24.3 Å². The maximum atomic E-state index is 12.2. The van der Waals surface area contributed by atoms with Gasteiger partial charge in [-0.1, -0.05) is 19.8 Å². The van der Waals surface area contributed by atoms with E-state index in [1.54, 1.807) is 0 Å². The average molecular weight is 299 g/mol. The fourth-order valence-corrected chi connectivity index (χ4v) is 3.04. The number of amides is 1. The van der Waals surface area contributed by atoms with Crippen LogP contribution in [0.4, 0.5) is 0 Å². The number of primary amides is 1. The Bertz CT molecular complexity index is 540. The number of carbonyl (C=O) groups is 1. The molecule has 112 valence electrons. The number of carbonyl (C=O) groups excluding carboxylic acids is 1. The summed E-state index contributed by atoms with van der Waals surface area (Å²) in [6, 6.07) is 5.21. The molecule has 0 aliphatic rings. The molecule has 7 heteroatoms. The van der Waals surface area contributed by atoms with Gasteiger partial charge in [-0.05, 0) is 30.7 Å². The molecular weight excluding hydrogens is 278 g/mol. The lowest BCUT2D eigenvalue weighted by Gasteiger charge is -2.16. The third-order valence-corrected chi connectivity index (χ3v) is 4.50. The Kier molecular flexibility index (Phi) is 6.12. The quantitative estimate of drug-likeness (QED) is 0.651. The van der Waals surface area contributed by atoms with Crippen LogP contribution in [0, 0.1) is 0 Å². The van der Waals surface area contributed by atoms with Crippen molar-refractivity contribution in [3.05, 3.63) is 29.8 Å². The lowest BCUT2D eigenvalue weighted by atomic mass is 10.1. The lowest BCUT2D eigenvalue weighted by Crippen LogP contribution is -2.40. The molecule has 0 fully saturated rings. The van der Waals surface area contributed by atoms with Gasteiger partial charge in [-0.15, -0.1) is 0 Å². The van der Waals surface area contributed by atoms with Gasteiger partial charge < -0.3 is 11.5 Å². The van der Waals surface area contributed by atoms with Crippen LogP contribution < -0.4 is 16.2 Å². The first-order valence-corrected chi connectivity index (χ1v) is 8.01. The van der Waals surface area contributed by atoms with E-state index >= 15 is 0 Å². The van der Waals surface area contributed by atoms with Crippen LogP contribution in [0.3, 0.4) is 0 Å². The van der Waals surface area contributed by atoms with Crippen molar-refractivity contribution in [3.8, 4) is 0 Å². The number of hydrogen-bond acceptors (Lipinski definition) is 4. The summed E-state index contributed by atoms with van der Waals surface area (Å²) in [7, 11) is -3.63. The molecular formula is C13H21N3O3S.